The van der Waals surface area contributed by atoms with E-state index in [-0.39, 0.29) is 0 Å². The van der Waals surface area contributed by atoms with Crippen molar-refractivity contribution in [3.05, 3.63) is 39.4 Å². The summed E-state index contributed by atoms with van der Waals surface area (Å²) in [6.45, 7) is 1.40. The zero-order valence-electron chi connectivity index (χ0n) is 9.84. The van der Waals surface area contributed by atoms with Gasteiger partial charge in [0.15, 0.2) is 0 Å². The van der Waals surface area contributed by atoms with E-state index in [1.54, 1.807) is 12.1 Å². The number of carboxylic acids is 1. The van der Waals surface area contributed by atoms with Crippen LogP contribution in [-0.4, -0.2) is 27.2 Å². The van der Waals surface area contributed by atoms with Gasteiger partial charge in [0.25, 0.3) is 0 Å². The number of fused-ring (bicyclic) bond motifs is 1. The molecule has 0 spiro atoms. The van der Waals surface area contributed by atoms with E-state index in [0.717, 1.165) is 41.4 Å². The first-order chi connectivity index (χ1) is 9.15. The lowest BCUT2D eigenvalue weighted by Crippen LogP contribution is -2.20. The Balaban J connectivity index is 1.90. The molecule has 0 amide bonds. The van der Waals surface area contributed by atoms with Gasteiger partial charge in [0.1, 0.15) is 10.0 Å². The van der Waals surface area contributed by atoms with Gasteiger partial charge in [0.05, 0.1) is 12.1 Å². The number of hydrogen-bond donors (Lipinski definition) is 1. The van der Waals surface area contributed by atoms with Crippen molar-refractivity contribution >= 4 is 34.8 Å². The molecule has 1 aromatic heterocycles. The molecule has 0 aliphatic carbocycles. The van der Waals surface area contributed by atoms with Gasteiger partial charge in [0, 0.05) is 23.8 Å². The van der Waals surface area contributed by atoms with Gasteiger partial charge in [-0.1, -0.05) is 22.2 Å². The van der Waals surface area contributed by atoms with Crippen molar-refractivity contribution < 1.29 is 9.90 Å². The molecule has 0 saturated carbocycles. The van der Waals surface area contributed by atoms with Crippen LogP contribution in [0.2, 0.25) is 4.34 Å². The Morgan fingerprint density at radius 1 is 1.53 bits per heavy atom. The zero-order valence-corrected chi connectivity index (χ0v) is 11.4. The first-order valence-corrected chi connectivity index (χ1v) is 6.88. The molecule has 2 aromatic rings. The summed E-state index contributed by atoms with van der Waals surface area (Å²) < 4.78 is 4.39. The van der Waals surface area contributed by atoms with Crippen molar-refractivity contribution in [2.75, 3.05) is 11.4 Å². The van der Waals surface area contributed by atoms with Crippen molar-refractivity contribution in [2.24, 2.45) is 0 Å². The van der Waals surface area contributed by atoms with Crippen LogP contribution in [0, 0.1) is 0 Å². The Morgan fingerprint density at radius 2 is 2.37 bits per heavy atom. The molecule has 1 aromatic carbocycles. The van der Waals surface area contributed by atoms with Crippen molar-refractivity contribution in [1.29, 1.82) is 0 Å². The fraction of sp³-hybridized carbons (Fsp3) is 0.250. The first-order valence-electron chi connectivity index (χ1n) is 5.73. The molecule has 19 heavy (non-hydrogen) atoms. The fourth-order valence-electron chi connectivity index (χ4n) is 2.21. The topological polar surface area (TPSA) is 66.3 Å². The van der Waals surface area contributed by atoms with Gasteiger partial charge in [0.2, 0.25) is 0 Å². The van der Waals surface area contributed by atoms with Crippen molar-refractivity contribution in [1.82, 2.24) is 9.59 Å². The number of rotatable bonds is 3. The van der Waals surface area contributed by atoms with Crippen LogP contribution in [-0.2, 0) is 13.0 Å². The largest absolute Gasteiger partial charge is 0.478 e. The van der Waals surface area contributed by atoms with E-state index in [0.29, 0.717) is 16.4 Å². The average Bonchev–Trinajstić information content (AvgIpc) is 2.97. The van der Waals surface area contributed by atoms with Crippen LogP contribution in [0.5, 0.6) is 0 Å². The number of halogens is 1. The molecular weight excluding hydrogens is 286 g/mol. The van der Waals surface area contributed by atoms with E-state index in [1.165, 1.54) is 0 Å². The normalized spacial score (nSPS) is 13.6. The number of carboxylic acid groups (broad SMARTS) is 1. The summed E-state index contributed by atoms with van der Waals surface area (Å²) in [5.74, 6) is -0.914. The molecule has 98 valence electrons. The van der Waals surface area contributed by atoms with Crippen molar-refractivity contribution in [3.63, 3.8) is 0 Å². The fourth-order valence-corrected chi connectivity index (χ4v) is 2.83. The smallest absolute Gasteiger partial charge is 0.335 e. The number of benzene rings is 1. The molecule has 1 N–H and O–H groups in total. The van der Waals surface area contributed by atoms with E-state index in [1.807, 2.05) is 6.07 Å². The van der Waals surface area contributed by atoms with Crippen molar-refractivity contribution in [2.45, 2.75) is 13.0 Å². The lowest BCUT2D eigenvalue weighted by molar-refractivity contribution is 0.0697. The average molecular weight is 296 g/mol. The zero-order chi connectivity index (χ0) is 13.4. The molecule has 0 radical (unpaired) electrons. The molecule has 0 saturated heterocycles. The molecule has 7 heteroatoms. The Bertz CT molecular complexity index is 644. The minimum atomic E-state index is -0.914. The summed E-state index contributed by atoms with van der Waals surface area (Å²) in [4.78, 5) is 13.1. The molecular formula is C12H10ClN3O2S. The first kappa shape index (κ1) is 12.4. The maximum atomic E-state index is 11.0. The van der Waals surface area contributed by atoms with Crippen LogP contribution in [0.1, 0.15) is 21.6 Å². The van der Waals surface area contributed by atoms with E-state index in [9.17, 15) is 4.79 Å². The molecule has 1 aliphatic rings. The summed E-state index contributed by atoms with van der Waals surface area (Å²) in [5.41, 5.74) is 3.14. The van der Waals surface area contributed by atoms with E-state index >= 15 is 0 Å². The van der Waals surface area contributed by atoms with Crippen LogP contribution < -0.4 is 4.90 Å². The number of nitrogens with zero attached hydrogens (tertiary/aromatic N) is 3. The van der Waals surface area contributed by atoms with Crippen LogP contribution in [0.3, 0.4) is 0 Å². The van der Waals surface area contributed by atoms with Gasteiger partial charge in [-0.2, -0.15) is 0 Å². The van der Waals surface area contributed by atoms with Gasteiger partial charge in [-0.15, -0.1) is 5.10 Å². The molecule has 0 fully saturated rings. The van der Waals surface area contributed by atoms with Gasteiger partial charge in [-0.05, 0) is 24.1 Å². The number of anilines is 1. The Hall–Kier alpha value is -1.66. The van der Waals surface area contributed by atoms with Gasteiger partial charge >= 0.3 is 5.97 Å². The number of carbonyl (C=O) groups is 1. The molecule has 5 nitrogen and oxygen atoms in total. The van der Waals surface area contributed by atoms with Crippen LogP contribution in [0.15, 0.2) is 18.2 Å². The molecule has 0 atom stereocenters. The maximum absolute atomic E-state index is 11.0. The minimum absolute atomic E-state index is 0.299. The predicted octanol–water partition coefficient (Wildman–Crippen LogP) is 2.45. The third-order valence-electron chi connectivity index (χ3n) is 3.17. The van der Waals surface area contributed by atoms with Crippen molar-refractivity contribution in [3.8, 4) is 0 Å². The third-order valence-corrected chi connectivity index (χ3v) is 4.16. The predicted molar refractivity (Wildman–Crippen MR) is 73.1 cm³/mol. The lowest BCUT2D eigenvalue weighted by Gasteiger charge is -2.18. The monoisotopic (exact) mass is 295 g/mol. The highest BCUT2D eigenvalue weighted by molar-refractivity contribution is 7.10. The third kappa shape index (κ3) is 2.29. The van der Waals surface area contributed by atoms with Gasteiger partial charge < -0.3 is 10.0 Å². The highest BCUT2D eigenvalue weighted by Crippen LogP contribution is 2.31. The summed E-state index contributed by atoms with van der Waals surface area (Å²) >= 11 is 7.16. The SMILES string of the molecule is O=C(O)c1ccc2c(c1)N(Cc1nnsc1Cl)CC2. The second-order valence-corrected chi connectivity index (χ2v) is 5.67. The van der Waals surface area contributed by atoms with E-state index < -0.39 is 5.97 Å². The van der Waals surface area contributed by atoms with E-state index in [2.05, 4.69) is 14.5 Å². The number of aromatic carboxylic acids is 1. The molecule has 1 aliphatic heterocycles. The molecule has 2 heterocycles. The summed E-state index contributed by atoms with van der Waals surface area (Å²) in [5, 5.41) is 13.0. The summed E-state index contributed by atoms with van der Waals surface area (Å²) in [6.07, 6.45) is 0.907. The van der Waals surface area contributed by atoms with E-state index in [4.69, 9.17) is 16.7 Å². The van der Waals surface area contributed by atoms with Gasteiger partial charge in [-0.3, -0.25) is 0 Å². The number of aromatic nitrogens is 2. The highest BCUT2D eigenvalue weighted by atomic mass is 35.5. The Kier molecular flexibility index (Phi) is 3.12. The number of hydrogen-bond acceptors (Lipinski definition) is 5. The summed E-state index contributed by atoms with van der Waals surface area (Å²) in [6, 6.07) is 5.22. The van der Waals surface area contributed by atoms with Gasteiger partial charge in [-0.25, -0.2) is 4.79 Å². The minimum Gasteiger partial charge on any atom is -0.478 e. The van der Waals surface area contributed by atoms with Crippen LogP contribution >= 0.6 is 23.1 Å². The summed E-state index contributed by atoms with van der Waals surface area (Å²) in [7, 11) is 0. The Labute approximate surface area is 118 Å². The standard InChI is InChI=1S/C12H10ClN3O2S/c13-11-9(14-15-19-11)6-16-4-3-7-1-2-8(12(17)18)5-10(7)16/h1-2,5H,3-4,6H2,(H,17,18). The highest BCUT2D eigenvalue weighted by Gasteiger charge is 2.22. The van der Waals surface area contributed by atoms with Crippen LogP contribution in [0.4, 0.5) is 5.69 Å². The second-order valence-electron chi connectivity index (χ2n) is 4.31. The lowest BCUT2D eigenvalue weighted by atomic mass is 10.1. The Morgan fingerprint density at radius 3 is 3.05 bits per heavy atom. The van der Waals surface area contributed by atoms with Crippen LogP contribution in [0.25, 0.3) is 0 Å². The maximum Gasteiger partial charge on any atom is 0.335 e. The molecule has 3 rings (SSSR count). The quantitative estimate of drug-likeness (QED) is 0.942. The second kappa shape index (κ2) is 4.79. The molecule has 0 bridgehead atoms. The molecule has 0 unspecified atom stereocenters.